The number of ether oxygens (including phenoxy) is 1. The fourth-order valence-electron chi connectivity index (χ4n) is 1.76. The summed E-state index contributed by atoms with van der Waals surface area (Å²) in [6.07, 6.45) is 2.75. The molecule has 0 saturated heterocycles. The number of nitrogens with zero attached hydrogens (tertiary/aromatic N) is 2. The molecule has 0 N–H and O–H groups in total. The Morgan fingerprint density at radius 1 is 1.05 bits per heavy atom. The first-order valence-corrected chi connectivity index (χ1v) is 6.37. The molecule has 0 atom stereocenters. The van der Waals surface area contributed by atoms with E-state index < -0.39 is 19.8 Å². The van der Waals surface area contributed by atoms with Crippen LogP contribution in [0.2, 0.25) is 0 Å². The Hall–Kier alpha value is -2.12. The summed E-state index contributed by atoms with van der Waals surface area (Å²) in [5.41, 5.74) is -2.86. The van der Waals surface area contributed by atoms with Crippen LogP contribution < -0.4 is 4.74 Å². The highest BCUT2D eigenvalue weighted by Crippen LogP contribution is 2.43. The first-order chi connectivity index (χ1) is 9.79. The second-order valence-electron chi connectivity index (χ2n) is 4.16. The fraction of sp³-hybridized carbons (Fsp3) is 0.167. The molecule has 21 heavy (non-hydrogen) atoms. The molecule has 0 aromatic heterocycles. The lowest BCUT2D eigenvalue weighted by Crippen LogP contribution is -2.57. The first kappa shape index (κ1) is 15.3. The Labute approximate surface area is 128 Å². The molecule has 0 bridgehead atoms. The van der Waals surface area contributed by atoms with E-state index in [4.69, 9.17) is 27.9 Å². The summed E-state index contributed by atoms with van der Waals surface area (Å²) in [5, 5.41) is 22.1. The fourth-order valence-corrected chi connectivity index (χ4v) is 2.38. The minimum absolute atomic E-state index is 0.0746. The summed E-state index contributed by atoms with van der Waals surface area (Å²) in [4.78, 5) is 19.9. The summed E-state index contributed by atoms with van der Waals surface area (Å²) < 4.78 is 3.01. The first-order valence-electron chi connectivity index (χ1n) is 5.61. The third-order valence-electron chi connectivity index (χ3n) is 2.83. The minimum atomic E-state index is -2.86. The lowest BCUT2D eigenvalue weighted by atomic mass is 10.0. The van der Waals surface area contributed by atoms with Crippen molar-refractivity contribution in [1.29, 1.82) is 0 Å². The van der Waals surface area contributed by atoms with Crippen LogP contribution in [0, 0.1) is 20.2 Å². The van der Waals surface area contributed by atoms with Gasteiger partial charge in [0, 0.05) is 6.08 Å². The lowest BCUT2D eigenvalue weighted by Gasteiger charge is -2.26. The second-order valence-corrected chi connectivity index (χ2v) is 5.54. The average Bonchev–Trinajstić information content (AvgIpc) is 2.38. The van der Waals surface area contributed by atoms with Crippen molar-refractivity contribution in [3.05, 3.63) is 74.5 Å². The van der Waals surface area contributed by atoms with Crippen molar-refractivity contribution in [3.63, 3.8) is 0 Å². The second kappa shape index (κ2) is 5.34. The largest absolute Gasteiger partial charge is 0.513 e. The predicted molar refractivity (Wildman–Crippen MR) is 75.4 cm³/mol. The lowest BCUT2D eigenvalue weighted by molar-refractivity contribution is -0.781. The summed E-state index contributed by atoms with van der Waals surface area (Å²) >= 11 is 11.6. The average molecular weight is 331 g/mol. The summed E-state index contributed by atoms with van der Waals surface area (Å²) in [7, 11) is 0. The Balaban J connectivity index is 2.37. The number of nitro groups is 2. The molecule has 0 saturated carbocycles. The Kier molecular flexibility index (Phi) is 3.89. The molecule has 0 heterocycles. The third kappa shape index (κ3) is 2.57. The van der Waals surface area contributed by atoms with Crippen LogP contribution in [0.25, 0.3) is 0 Å². The van der Waals surface area contributed by atoms with Crippen molar-refractivity contribution in [3.8, 4) is 5.75 Å². The minimum Gasteiger partial charge on any atom is -0.458 e. The molecular weight excluding hydrogens is 323 g/mol. The molecule has 1 aliphatic carbocycles. The standard InChI is InChI=1S/C12H8Cl2N2O5/c13-11(14)8-10(21-9-4-2-1-3-5-9)6-7-12(11,15(17)18)16(19)20/h1-8H. The zero-order valence-electron chi connectivity index (χ0n) is 10.3. The maximum absolute atomic E-state index is 11.1. The van der Waals surface area contributed by atoms with Gasteiger partial charge in [0.05, 0.1) is 6.08 Å². The van der Waals surface area contributed by atoms with Gasteiger partial charge in [0.25, 0.3) is 4.33 Å². The maximum atomic E-state index is 11.1. The van der Waals surface area contributed by atoms with E-state index in [1.165, 1.54) is 0 Å². The molecule has 0 aliphatic heterocycles. The van der Waals surface area contributed by atoms with Gasteiger partial charge >= 0.3 is 5.66 Å². The van der Waals surface area contributed by atoms with Gasteiger partial charge in [0.1, 0.15) is 21.4 Å². The molecule has 0 spiro atoms. The van der Waals surface area contributed by atoms with E-state index in [0.717, 1.165) is 12.2 Å². The molecule has 9 heteroatoms. The Morgan fingerprint density at radius 2 is 1.62 bits per heavy atom. The van der Waals surface area contributed by atoms with Crippen LogP contribution in [0.4, 0.5) is 0 Å². The number of hydrogen-bond donors (Lipinski definition) is 0. The van der Waals surface area contributed by atoms with Crippen molar-refractivity contribution in [2.45, 2.75) is 10.00 Å². The molecule has 0 unspecified atom stereocenters. The van der Waals surface area contributed by atoms with Crippen molar-refractivity contribution in [1.82, 2.24) is 0 Å². The highest BCUT2D eigenvalue weighted by molar-refractivity contribution is 6.50. The van der Waals surface area contributed by atoms with E-state index >= 15 is 0 Å². The molecule has 1 aromatic carbocycles. The quantitative estimate of drug-likeness (QED) is 0.366. The smallest absolute Gasteiger partial charge is 0.458 e. The van der Waals surface area contributed by atoms with Crippen molar-refractivity contribution in [2.24, 2.45) is 0 Å². The molecule has 110 valence electrons. The van der Waals surface area contributed by atoms with E-state index in [1.807, 2.05) is 0 Å². The Bertz CT molecular complexity index is 628. The normalized spacial score (nSPS) is 18.7. The Morgan fingerprint density at radius 3 is 2.10 bits per heavy atom. The van der Waals surface area contributed by atoms with Gasteiger partial charge in [-0.3, -0.25) is 20.2 Å². The highest BCUT2D eigenvalue weighted by Gasteiger charge is 2.71. The number of halogens is 2. The molecule has 7 nitrogen and oxygen atoms in total. The highest BCUT2D eigenvalue weighted by atomic mass is 35.5. The van der Waals surface area contributed by atoms with E-state index in [-0.39, 0.29) is 5.76 Å². The molecule has 0 radical (unpaired) electrons. The summed E-state index contributed by atoms with van der Waals surface area (Å²) in [5.74, 6) is 0.512. The van der Waals surface area contributed by atoms with Gasteiger partial charge in [0.2, 0.25) is 0 Å². The van der Waals surface area contributed by atoms with Crippen LogP contribution in [0.15, 0.2) is 54.3 Å². The molecular formula is C12H8Cl2N2O5. The van der Waals surface area contributed by atoms with Crippen LogP contribution in [0.5, 0.6) is 5.75 Å². The van der Waals surface area contributed by atoms with Crippen molar-refractivity contribution in [2.75, 3.05) is 0 Å². The van der Waals surface area contributed by atoms with Crippen LogP contribution >= 0.6 is 23.2 Å². The molecule has 0 fully saturated rings. The van der Waals surface area contributed by atoms with Crippen LogP contribution in [-0.2, 0) is 0 Å². The predicted octanol–water partition coefficient (Wildman–Crippen LogP) is 2.94. The van der Waals surface area contributed by atoms with Crippen LogP contribution in [-0.4, -0.2) is 19.8 Å². The van der Waals surface area contributed by atoms with E-state index in [2.05, 4.69) is 0 Å². The molecule has 1 aromatic rings. The number of rotatable bonds is 4. The number of hydrogen-bond acceptors (Lipinski definition) is 5. The van der Waals surface area contributed by atoms with Crippen LogP contribution in [0.3, 0.4) is 0 Å². The topological polar surface area (TPSA) is 95.5 Å². The van der Waals surface area contributed by atoms with E-state index in [0.29, 0.717) is 11.8 Å². The van der Waals surface area contributed by atoms with Gasteiger partial charge < -0.3 is 4.74 Å². The summed E-state index contributed by atoms with van der Waals surface area (Å²) in [6, 6.07) is 8.49. The number of alkyl halides is 2. The van der Waals surface area contributed by atoms with Gasteiger partial charge in [-0.05, 0) is 18.2 Å². The summed E-state index contributed by atoms with van der Waals surface area (Å²) in [6.45, 7) is 0. The van der Waals surface area contributed by atoms with Gasteiger partial charge in [-0.15, -0.1) is 0 Å². The maximum Gasteiger partial charge on any atom is 0.513 e. The zero-order valence-corrected chi connectivity index (χ0v) is 11.8. The van der Waals surface area contributed by atoms with Gasteiger partial charge in [0.15, 0.2) is 0 Å². The van der Waals surface area contributed by atoms with Crippen molar-refractivity contribution < 1.29 is 14.6 Å². The SMILES string of the molecule is O=[N+]([O-])C1([N+](=O)[O-])C=CC(Oc2ccccc2)=CC1(Cl)Cl. The number of allylic oxidation sites excluding steroid dienone is 1. The molecule has 1 aliphatic rings. The third-order valence-corrected chi connectivity index (χ3v) is 3.60. The van der Waals surface area contributed by atoms with Gasteiger partial charge in [-0.2, -0.15) is 0 Å². The number of benzene rings is 1. The van der Waals surface area contributed by atoms with Gasteiger partial charge in [-0.25, -0.2) is 0 Å². The zero-order chi connectivity index (χ0) is 15.7. The van der Waals surface area contributed by atoms with Crippen molar-refractivity contribution >= 4 is 23.2 Å². The van der Waals surface area contributed by atoms with Crippen LogP contribution in [0.1, 0.15) is 0 Å². The molecule has 0 amide bonds. The van der Waals surface area contributed by atoms with Gasteiger partial charge in [-0.1, -0.05) is 41.4 Å². The number of para-hydroxylation sites is 1. The molecule has 2 rings (SSSR count). The monoisotopic (exact) mass is 330 g/mol. The van der Waals surface area contributed by atoms with E-state index in [9.17, 15) is 20.2 Å². The van der Waals surface area contributed by atoms with E-state index in [1.54, 1.807) is 30.3 Å².